The minimum absolute atomic E-state index is 0.168. The molecule has 0 fully saturated rings. The minimum Gasteiger partial charge on any atom is -0.495 e. The second kappa shape index (κ2) is 8.91. The van der Waals surface area contributed by atoms with Gasteiger partial charge in [0.15, 0.2) is 5.16 Å². The smallest absolute Gasteiger partial charge is 0.266 e. The maximum absolute atomic E-state index is 13.4. The van der Waals surface area contributed by atoms with Crippen LogP contribution in [0.4, 0.5) is 0 Å². The predicted molar refractivity (Wildman–Crippen MR) is 128 cm³/mol. The SMILES string of the molecule is COc1ccccc1-n1c(SCc2nc(-c3ccc(C)cc3)no2)nc2ccccc2c1=O. The molecule has 8 heteroatoms. The zero-order valence-electron chi connectivity index (χ0n) is 18.1. The highest BCUT2D eigenvalue weighted by atomic mass is 32.2. The molecule has 0 aliphatic heterocycles. The molecule has 0 saturated heterocycles. The number of para-hydroxylation sites is 3. The van der Waals surface area contributed by atoms with Gasteiger partial charge in [0.1, 0.15) is 5.75 Å². The number of rotatable bonds is 6. The number of hydrogen-bond acceptors (Lipinski definition) is 7. The first-order valence-electron chi connectivity index (χ1n) is 10.3. The van der Waals surface area contributed by atoms with E-state index in [1.54, 1.807) is 17.7 Å². The van der Waals surface area contributed by atoms with Crippen molar-refractivity contribution in [3.05, 3.63) is 94.6 Å². The number of fused-ring (bicyclic) bond motifs is 1. The zero-order chi connectivity index (χ0) is 22.8. The van der Waals surface area contributed by atoms with E-state index in [4.69, 9.17) is 14.2 Å². The molecular formula is C25H20N4O3S. The van der Waals surface area contributed by atoms with E-state index in [9.17, 15) is 4.79 Å². The molecule has 0 saturated carbocycles. The Labute approximate surface area is 194 Å². The summed E-state index contributed by atoms with van der Waals surface area (Å²) in [5.41, 5.74) is 3.13. The molecule has 0 spiro atoms. The lowest BCUT2D eigenvalue weighted by Crippen LogP contribution is -2.22. The molecule has 164 valence electrons. The Morgan fingerprint density at radius 1 is 0.970 bits per heavy atom. The van der Waals surface area contributed by atoms with Gasteiger partial charge in [-0.3, -0.25) is 9.36 Å². The Bertz CT molecular complexity index is 1490. The molecule has 0 aliphatic carbocycles. The number of methoxy groups -OCH3 is 1. The largest absolute Gasteiger partial charge is 0.495 e. The van der Waals surface area contributed by atoms with E-state index in [1.807, 2.05) is 73.7 Å². The van der Waals surface area contributed by atoms with Crippen molar-refractivity contribution in [2.45, 2.75) is 17.8 Å². The fraction of sp³-hybridized carbons (Fsp3) is 0.120. The molecule has 5 aromatic rings. The minimum atomic E-state index is -0.168. The fourth-order valence-corrected chi connectivity index (χ4v) is 4.34. The molecule has 0 aliphatic rings. The monoisotopic (exact) mass is 456 g/mol. The number of aromatic nitrogens is 4. The zero-order valence-corrected chi connectivity index (χ0v) is 18.9. The van der Waals surface area contributed by atoms with Gasteiger partial charge in [0.05, 0.1) is 29.5 Å². The van der Waals surface area contributed by atoms with Crippen molar-refractivity contribution in [2.75, 3.05) is 7.11 Å². The molecule has 0 atom stereocenters. The normalized spacial score (nSPS) is 11.1. The first-order valence-corrected chi connectivity index (χ1v) is 11.3. The molecular weight excluding hydrogens is 436 g/mol. The summed E-state index contributed by atoms with van der Waals surface area (Å²) in [6.45, 7) is 2.03. The second-order valence-corrected chi connectivity index (χ2v) is 8.33. The quantitative estimate of drug-likeness (QED) is 0.261. The van der Waals surface area contributed by atoms with Gasteiger partial charge < -0.3 is 9.26 Å². The first-order chi connectivity index (χ1) is 16.1. The summed E-state index contributed by atoms with van der Waals surface area (Å²) in [5.74, 6) is 1.92. The van der Waals surface area contributed by atoms with E-state index in [0.29, 0.717) is 45.0 Å². The van der Waals surface area contributed by atoms with E-state index >= 15 is 0 Å². The summed E-state index contributed by atoms with van der Waals surface area (Å²) in [5, 5.41) is 5.14. The van der Waals surface area contributed by atoms with Crippen molar-refractivity contribution in [2.24, 2.45) is 0 Å². The third kappa shape index (κ3) is 4.12. The number of ether oxygens (including phenoxy) is 1. The third-order valence-electron chi connectivity index (χ3n) is 5.17. The van der Waals surface area contributed by atoms with Gasteiger partial charge in [0.25, 0.3) is 5.56 Å². The summed E-state index contributed by atoms with van der Waals surface area (Å²) in [7, 11) is 1.58. The van der Waals surface area contributed by atoms with Crippen LogP contribution in [0.15, 0.2) is 87.3 Å². The van der Waals surface area contributed by atoms with Crippen LogP contribution >= 0.6 is 11.8 Å². The van der Waals surface area contributed by atoms with E-state index < -0.39 is 0 Å². The Balaban J connectivity index is 1.53. The molecule has 0 radical (unpaired) electrons. The number of hydrogen-bond donors (Lipinski definition) is 0. The fourth-order valence-electron chi connectivity index (χ4n) is 3.50. The number of benzene rings is 3. The van der Waals surface area contributed by atoms with Crippen LogP contribution in [0, 0.1) is 6.92 Å². The summed E-state index contributed by atoms with van der Waals surface area (Å²) in [4.78, 5) is 22.7. The van der Waals surface area contributed by atoms with Crippen molar-refractivity contribution in [1.29, 1.82) is 0 Å². The average Bonchev–Trinajstić information content (AvgIpc) is 3.32. The Hall–Kier alpha value is -3.91. The second-order valence-electron chi connectivity index (χ2n) is 7.39. The molecule has 7 nitrogen and oxygen atoms in total. The standard InChI is InChI=1S/C25H20N4O3S/c1-16-11-13-17(14-12-16)23-27-22(32-28-23)15-33-25-26-19-8-4-3-7-18(19)24(30)29(25)20-9-5-6-10-21(20)31-2/h3-14H,15H2,1-2H3. The van der Waals surface area contributed by atoms with Crippen LogP contribution in [0.1, 0.15) is 11.5 Å². The first kappa shape index (κ1) is 21.0. The van der Waals surface area contributed by atoms with Crippen LogP contribution in [0.2, 0.25) is 0 Å². The topological polar surface area (TPSA) is 83.0 Å². The summed E-state index contributed by atoms with van der Waals surface area (Å²) < 4.78 is 12.5. The van der Waals surface area contributed by atoms with E-state index in [2.05, 4.69) is 10.1 Å². The van der Waals surface area contributed by atoms with Gasteiger partial charge in [-0.2, -0.15) is 4.98 Å². The van der Waals surface area contributed by atoms with Crippen LogP contribution in [0.25, 0.3) is 28.0 Å². The molecule has 33 heavy (non-hydrogen) atoms. The van der Waals surface area contributed by atoms with Crippen molar-refractivity contribution in [3.63, 3.8) is 0 Å². The molecule has 3 aromatic carbocycles. The van der Waals surface area contributed by atoms with Gasteiger partial charge in [0, 0.05) is 5.56 Å². The van der Waals surface area contributed by atoms with Gasteiger partial charge in [-0.05, 0) is 31.2 Å². The van der Waals surface area contributed by atoms with Gasteiger partial charge >= 0.3 is 0 Å². The molecule has 0 bridgehead atoms. The van der Waals surface area contributed by atoms with Crippen molar-refractivity contribution >= 4 is 22.7 Å². The maximum Gasteiger partial charge on any atom is 0.266 e. The molecule has 0 unspecified atom stereocenters. The van der Waals surface area contributed by atoms with Crippen molar-refractivity contribution < 1.29 is 9.26 Å². The van der Waals surface area contributed by atoms with E-state index in [0.717, 1.165) is 11.1 Å². The van der Waals surface area contributed by atoms with E-state index in [1.165, 1.54) is 11.8 Å². The van der Waals surface area contributed by atoms with E-state index in [-0.39, 0.29) is 5.56 Å². The summed E-state index contributed by atoms with van der Waals surface area (Å²) in [6.07, 6.45) is 0. The highest BCUT2D eigenvalue weighted by Gasteiger charge is 2.18. The Morgan fingerprint density at radius 3 is 2.55 bits per heavy atom. The van der Waals surface area contributed by atoms with Crippen LogP contribution in [0.3, 0.4) is 0 Å². The highest BCUT2D eigenvalue weighted by Crippen LogP contribution is 2.29. The van der Waals surface area contributed by atoms with Crippen LogP contribution in [-0.4, -0.2) is 26.8 Å². The number of thioether (sulfide) groups is 1. The maximum atomic E-state index is 13.4. The summed E-state index contributed by atoms with van der Waals surface area (Å²) >= 11 is 1.35. The Kier molecular flexibility index (Phi) is 5.66. The van der Waals surface area contributed by atoms with Crippen LogP contribution in [0.5, 0.6) is 5.75 Å². The predicted octanol–water partition coefficient (Wildman–Crippen LogP) is 5.05. The van der Waals surface area contributed by atoms with Gasteiger partial charge in [-0.1, -0.05) is 71.0 Å². The average molecular weight is 457 g/mol. The van der Waals surface area contributed by atoms with Crippen LogP contribution < -0.4 is 10.3 Å². The van der Waals surface area contributed by atoms with Crippen molar-refractivity contribution in [3.8, 4) is 22.8 Å². The molecule has 0 N–H and O–H groups in total. The number of nitrogens with zero attached hydrogens (tertiary/aromatic N) is 4. The highest BCUT2D eigenvalue weighted by molar-refractivity contribution is 7.98. The molecule has 0 amide bonds. The Morgan fingerprint density at radius 2 is 1.73 bits per heavy atom. The molecule has 5 rings (SSSR count). The molecule has 2 aromatic heterocycles. The van der Waals surface area contributed by atoms with Gasteiger partial charge in [-0.25, -0.2) is 4.98 Å². The lowest BCUT2D eigenvalue weighted by atomic mass is 10.1. The lowest BCUT2D eigenvalue weighted by Gasteiger charge is -2.15. The lowest BCUT2D eigenvalue weighted by molar-refractivity contribution is 0.391. The molecule has 2 heterocycles. The third-order valence-corrected chi connectivity index (χ3v) is 6.10. The van der Waals surface area contributed by atoms with Crippen molar-refractivity contribution in [1.82, 2.24) is 19.7 Å². The number of aryl methyl sites for hydroxylation is 1. The van der Waals surface area contributed by atoms with Gasteiger partial charge in [0.2, 0.25) is 11.7 Å². The summed E-state index contributed by atoms with van der Waals surface area (Å²) in [6, 6.07) is 22.6. The van der Waals surface area contributed by atoms with Gasteiger partial charge in [-0.15, -0.1) is 0 Å². The van der Waals surface area contributed by atoms with Crippen LogP contribution in [-0.2, 0) is 5.75 Å².